The molecule has 2 aliphatic rings. The van der Waals surface area contributed by atoms with Gasteiger partial charge in [-0.2, -0.15) is 0 Å². The van der Waals surface area contributed by atoms with Crippen LogP contribution in [0, 0.1) is 0 Å². The van der Waals surface area contributed by atoms with Crippen molar-refractivity contribution in [3.8, 4) is 11.1 Å². The SMILES string of the molecule is C=Cc1cc(-c2cccc(SC)c2)c(Cl)cc1C1=C(O)C2(CCCCC2)OC1=O. The highest BCUT2D eigenvalue weighted by molar-refractivity contribution is 7.98. The minimum atomic E-state index is -0.874. The maximum atomic E-state index is 12.8. The van der Waals surface area contributed by atoms with Crippen molar-refractivity contribution in [2.75, 3.05) is 6.26 Å². The Balaban J connectivity index is 1.84. The minimum absolute atomic E-state index is 0.0403. The quantitative estimate of drug-likeness (QED) is 0.426. The van der Waals surface area contributed by atoms with Crippen molar-refractivity contribution < 1.29 is 14.6 Å². The van der Waals surface area contributed by atoms with Gasteiger partial charge in [0, 0.05) is 21.0 Å². The maximum absolute atomic E-state index is 12.8. The van der Waals surface area contributed by atoms with E-state index in [-0.39, 0.29) is 11.3 Å². The van der Waals surface area contributed by atoms with Crippen LogP contribution in [-0.2, 0) is 9.53 Å². The van der Waals surface area contributed by atoms with Crippen molar-refractivity contribution in [2.24, 2.45) is 0 Å². The standard InChI is InChI=1S/C24H23ClO3S/c1-3-15-13-18(16-8-7-9-17(12-16)29-2)20(25)14-19(15)21-22(26)24(28-23(21)27)10-5-4-6-11-24/h3,7-9,12-14,26H,1,4-6,10-11H2,2H3. The van der Waals surface area contributed by atoms with Crippen molar-refractivity contribution in [2.45, 2.75) is 42.6 Å². The van der Waals surface area contributed by atoms with E-state index in [2.05, 4.69) is 12.6 Å². The van der Waals surface area contributed by atoms with Crippen LogP contribution >= 0.6 is 23.4 Å². The van der Waals surface area contributed by atoms with Crippen molar-refractivity contribution in [1.29, 1.82) is 0 Å². The van der Waals surface area contributed by atoms with Crippen LogP contribution in [0.15, 0.2) is 53.6 Å². The normalized spacial score (nSPS) is 18.2. The number of rotatable bonds is 4. The highest BCUT2D eigenvalue weighted by atomic mass is 35.5. The lowest BCUT2D eigenvalue weighted by Crippen LogP contribution is -2.34. The summed E-state index contributed by atoms with van der Waals surface area (Å²) >= 11 is 8.31. The Morgan fingerprint density at radius 3 is 2.62 bits per heavy atom. The predicted octanol–water partition coefficient (Wildman–Crippen LogP) is 6.90. The fraction of sp³-hybridized carbons (Fsp3) is 0.292. The molecule has 0 bridgehead atoms. The monoisotopic (exact) mass is 426 g/mol. The number of halogens is 1. The average molecular weight is 427 g/mol. The van der Waals surface area contributed by atoms with E-state index in [0.717, 1.165) is 40.8 Å². The highest BCUT2D eigenvalue weighted by Gasteiger charge is 2.49. The molecule has 4 rings (SSSR count). The van der Waals surface area contributed by atoms with Gasteiger partial charge in [-0.25, -0.2) is 4.79 Å². The van der Waals surface area contributed by atoms with E-state index in [0.29, 0.717) is 23.4 Å². The molecule has 1 spiro atoms. The zero-order chi connectivity index (χ0) is 20.6. The summed E-state index contributed by atoms with van der Waals surface area (Å²) in [6.07, 6.45) is 7.99. The fourth-order valence-corrected chi connectivity index (χ4v) is 5.02. The first kappa shape index (κ1) is 20.1. The molecule has 1 N–H and O–H groups in total. The molecule has 29 heavy (non-hydrogen) atoms. The van der Waals surface area contributed by atoms with Crippen LogP contribution in [0.25, 0.3) is 22.8 Å². The number of aliphatic hydroxyl groups is 1. The van der Waals surface area contributed by atoms with Gasteiger partial charge >= 0.3 is 5.97 Å². The molecule has 1 heterocycles. The van der Waals surface area contributed by atoms with Crippen LogP contribution in [0.5, 0.6) is 0 Å². The van der Waals surface area contributed by atoms with Crippen molar-refractivity contribution in [3.05, 3.63) is 64.9 Å². The molecule has 0 radical (unpaired) electrons. The molecule has 0 amide bonds. The molecule has 5 heteroatoms. The second-order valence-electron chi connectivity index (χ2n) is 7.52. The molecule has 2 aromatic rings. The van der Waals surface area contributed by atoms with E-state index in [1.807, 2.05) is 30.5 Å². The molecule has 0 aromatic heterocycles. The molecular formula is C24H23ClO3S. The first-order valence-corrected chi connectivity index (χ1v) is 11.4. The third-order valence-electron chi connectivity index (χ3n) is 5.83. The largest absolute Gasteiger partial charge is 0.507 e. The number of hydrogen-bond acceptors (Lipinski definition) is 4. The lowest BCUT2D eigenvalue weighted by Gasteiger charge is -2.31. The molecule has 0 unspecified atom stereocenters. The lowest BCUT2D eigenvalue weighted by atomic mass is 9.82. The Bertz CT molecular complexity index is 1020. The van der Waals surface area contributed by atoms with Crippen molar-refractivity contribution >= 4 is 41.0 Å². The Kier molecular flexibility index (Phi) is 5.50. The molecule has 1 aliphatic heterocycles. The summed E-state index contributed by atoms with van der Waals surface area (Å²) in [5.41, 5.74) is 2.51. The molecule has 0 saturated heterocycles. The number of ether oxygens (including phenoxy) is 1. The number of hydrogen-bond donors (Lipinski definition) is 1. The van der Waals surface area contributed by atoms with Gasteiger partial charge in [0.15, 0.2) is 11.4 Å². The number of carbonyl (C=O) groups excluding carboxylic acids is 1. The summed E-state index contributed by atoms with van der Waals surface area (Å²) in [6, 6.07) is 11.8. The smallest absolute Gasteiger partial charge is 0.343 e. The van der Waals surface area contributed by atoms with E-state index in [1.54, 1.807) is 23.9 Å². The number of benzene rings is 2. The van der Waals surface area contributed by atoms with Crippen LogP contribution < -0.4 is 0 Å². The molecule has 3 nitrogen and oxygen atoms in total. The van der Waals surface area contributed by atoms with Gasteiger partial charge in [0.05, 0.1) is 0 Å². The number of esters is 1. The van der Waals surface area contributed by atoms with Crippen LogP contribution in [0.2, 0.25) is 5.02 Å². The number of aliphatic hydroxyl groups excluding tert-OH is 1. The van der Waals surface area contributed by atoms with Gasteiger partial charge in [-0.3, -0.25) is 0 Å². The van der Waals surface area contributed by atoms with E-state index in [1.165, 1.54) is 0 Å². The molecule has 1 fully saturated rings. The van der Waals surface area contributed by atoms with E-state index in [9.17, 15) is 9.90 Å². The van der Waals surface area contributed by atoms with Crippen LogP contribution in [0.4, 0.5) is 0 Å². The molecule has 2 aromatic carbocycles. The van der Waals surface area contributed by atoms with Gasteiger partial charge in [0.25, 0.3) is 0 Å². The summed E-state index contributed by atoms with van der Waals surface area (Å²) in [6.45, 7) is 3.91. The first-order valence-electron chi connectivity index (χ1n) is 9.77. The van der Waals surface area contributed by atoms with Gasteiger partial charge in [-0.15, -0.1) is 11.8 Å². The molecule has 1 aliphatic carbocycles. The summed E-state index contributed by atoms with van der Waals surface area (Å²) in [5.74, 6) is -0.445. The van der Waals surface area contributed by atoms with Crippen LogP contribution in [-0.4, -0.2) is 22.9 Å². The van der Waals surface area contributed by atoms with Crippen LogP contribution in [0.1, 0.15) is 43.2 Å². The molecule has 0 atom stereocenters. The molecule has 150 valence electrons. The van der Waals surface area contributed by atoms with Gasteiger partial charge in [-0.05, 0) is 67.3 Å². The Hall–Kier alpha value is -2.17. The van der Waals surface area contributed by atoms with E-state index >= 15 is 0 Å². The van der Waals surface area contributed by atoms with Gasteiger partial charge < -0.3 is 9.84 Å². The van der Waals surface area contributed by atoms with Gasteiger partial charge in [0.2, 0.25) is 0 Å². The second-order valence-corrected chi connectivity index (χ2v) is 8.81. The second kappa shape index (κ2) is 7.92. The zero-order valence-electron chi connectivity index (χ0n) is 16.3. The van der Waals surface area contributed by atoms with Crippen molar-refractivity contribution in [1.82, 2.24) is 0 Å². The summed E-state index contributed by atoms with van der Waals surface area (Å²) in [5, 5.41) is 11.5. The lowest BCUT2D eigenvalue weighted by molar-refractivity contribution is -0.149. The summed E-state index contributed by atoms with van der Waals surface area (Å²) < 4.78 is 5.71. The molecule has 1 saturated carbocycles. The third-order valence-corrected chi connectivity index (χ3v) is 6.87. The third kappa shape index (κ3) is 3.49. The molecular weight excluding hydrogens is 404 g/mol. The Labute approximate surface area is 180 Å². The fourth-order valence-electron chi connectivity index (χ4n) is 4.29. The van der Waals surface area contributed by atoms with E-state index < -0.39 is 11.6 Å². The van der Waals surface area contributed by atoms with E-state index in [4.69, 9.17) is 16.3 Å². The first-order chi connectivity index (χ1) is 14.0. The van der Waals surface area contributed by atoms with Gasteiger partial charge in [-0.1, -0.05) is 42.8 Å². The zero-order valence-corrected chi connectivity index (χ0v) is 17.9. The summed E-state index contributed by atoms with van der Waals surface area (Å²) in [7, 11) is 0. The highest BCUT2D eigenvalue weighted by Crippen LogP contribution is 2.47. The van der Waals surface area contributed by atoms with Gasteiger partial charge in [0.1, 0.15) is 5.57 Å². The predicted molar refractivity (Wildman–Crippen MR) is 120 cm³/mol. The maximum Gasteiger partial charge on any atom is 0.343 e. The number of thioether (sulfide) groups is 1. The van der Waals surface area contributed by atoms with Crippen LogP contribution in [0.3, 0.4) is 0 Å². The Morgan fingerprint density at radius 2 is 1.93 bits per heavy atom. The Morgan fingerprint density at radius 1 is 1.17 bits per heavy atom. The number of carbonyl (C=O) groups is 1. The van der Waals surface area contributed by atoms with Crippen molar-refractivity contribution in [3.63, 3.8) is 0 Å². The minimum Gasteiger partial charge on any atom is -0.507 e. The average Bonchev–Trinajstić information content (AvgIpc) is 2.97. The summed E-state index contributed by atoms with van der Waals surface area (Å²) in [4.78, 5) is 13.9. The topological polar surface area (TPSA) is 46.5 Å².